The van der Waals surface area contributed by atoms with Crippen LogP contribution in [0.4, 0.5) is 9.59 Å². The Labute approximate surface area is 168 Å². The number of alkyl carbamates (subject to hydrolysis) is 2. The van der Waals surface area contributed by atoms with Gasteiger partial charge < -0.3 is 24.5 Å². The van der Waals surface area contributed by atoms with Gasteiger partial charge in [-0.3, -0.25) is 0 Å². The van der Waals surface area contributed by atoms with Crippen LogP contribution in [-0.2, 0) is 14.8 Å². The van der Waals surface area contributed by atoms with Crippen molar-refractivity contribution in [2.45, 2.75) is 77.0 Å². The van der Waals surface area contributed by atoms with Crippen molar-refractivity contribution in [2.24, 2.45) is 0 Å². The Bertz CT molecular complexity index is 619. The van der Waals surface area contributed by atoms with Gasteiger partial charge >= 0.3 is 12.2 Å². The van der Waals surface area contributed by atoms with E-state index in [9.17, 15) is 9.59 Å². The van der Waals surface area contributed by atoms with Gasteiger partial charge in [0.15, 0.2) is 0 Å². The minimum atomic E-state index is -0.607. The molecule has 0 radical (unpaired) electrons. The van der Waals surface area contributed by atoms with Crippen molar-refractivity contribution in [3.05, 3.63) is 17.8 Å². The second-order valence-corrected chi connectivity index (χ2v) is 8.63. The third-order valence-electron chi connectivity index (χ3n) is 3.03. The van der Waals surface area contributed by atoms with Gasteiger partial charge in [-0.1, -0.05) is 15.9 Å². The van der Waals surface area contributed by atoms with Crippen LogP contribution in [0, 0.1) is 0 Å². The van der Waals surface area contributed by atoms with Gasteiger partial charge in [0, 0.05) is 6.54 Å². The third kappa shape index (κ3) is 10.2. The summed E-state index contributed by atoms with van der Waals surface area (Å²) < 4.78 is 16.1. The number of alkyl halides is 1. The molecule has 1 aromatic rings. The summed E-state index contributed by atoms with van der Waals surface area (Å²) >= 11 is 3.31. The fourth-order valence-corrected chi connectivity index (χ4v) is 2.32. The highest BCUT2D eigenvalue weighted by Crippen LogP contribution is 2.20. The highest BCUT2D eigenvalue weighted by Gasteiger charge is 2.24. The van der Waals surface area contributed by atoms with Crippen LogP contribution in [-0.4, -0.2) is 34.9 Å². The molecule has 0 aliphatic rings. The summed E-state index contributed by atoms with van der Waals surface area (Å²) in [5, 5.41) is 5.99. The summed E-state index contributed by atoms with van der Waals surface area (Å²) in [6.07, 6.45) is 1.68. The molecule has 1 aromatic heterocycles. The van der Waals surface area contributed by atoms with Gasteiger partial charge in [-0.25, -0.2) is 14.6 Å². The average molecular weight is 448 g/mol. The number of rotatable bonds is 7. The largest absolute Gasteiger partial charge is 0.444 e. The fourth-order valence-electron chi connectivity index (χ4n) is 2.06. The van der Waals surface area contributed by atoms with Crippen LogP contribution < -0.4 is 10.6 Å². The second kappa shape index (κ2) is 9.96. The van der Waals surface area contributed by atoms with Crippen LogP contribution in [0.5, 0.6) is 0 Å². The minimum absolute atomic E-state index is 0.396. The number of ether oxygens (including phenoxy) is 2. The number of carbonyl (C=O) groups is 2. The van der Waals surface area contributed by atoms with Gasteiger partial charge in [-0.2, -0.15) is 0 Å². The van der Waals surface area contributed by atoms with Gasteiger partial charge in [0.25, 0.3) is 0 Å². The summed E-state index contributed by atoms with van der Waals surface area (Å²) in [5.41, 5.74) is -1.15. The quantitative estimate of drug-likeness (QED) is 0.472. The maximum atomic E-state index is 12.1. The predicted molar refractivity (Wildman–Crippen MR) is 105 cm³/mol. The van der Waals surface area contributed by atoms with E-state index in [2.05, 4.69) is 31.5 Å². The first-order valence-electron chi connectivity index (χ1n) is 8.86. The van der Waals surface area contributed by atoms with E-state index < -0.39 is 29.4 Å². The van der Waals surface area contributed by atoms with Crippen molar-refractivity contribution >= 4 is 28.1 Å². The van der Waals surface area contributed by atoms with Gasteiger partial charge in [-0.05, 0) is 54.4 Å². The van der Waals surface area contributed by atoms with Crippen LogP contribution in [0.15, 0.2) is 10.6 Å². The van der Waals surface area contributed by atoms with Gasteiger partial charge in [-0.15, -0.1) is 0 Å². The molecule has 1 rings (SSSR count). The van der Waals surface area contributed by atoms with Gasteiger partial charge in [0.2, 0.25) is 5.89 Å². The molecule has 2 amide bonds. The van der Waals surface area contributed by atoms with E-state index in [1.807, 2.05) is 0 Å². The molecule has 0 aliphatic heterocycles. The molecule has 2 N–H and O–H groups in total. The molecule has 0 fully saturated rings. The zero-order valence-corrected chi connectivity index (χ0v) is 18.4. The number of halogens is 1. The Morgan fingerprint density at radius 2 is 1.74 bits per heavy atom. The number of aromatic nitrogens is 1. The monoisotopic (exact) mass is 447 g/mol. The average Bonchev–Trinajstić information content (AvgIpc) is 2.95. The van der Waals surface area contributed by atoms with Crippen molar-refractivity contribution in [1.82, 2.24) is 15.6 Å². The zero-order valence-electron chi connectivity index (χ0n) is 16.8. The van der Waals surface area contributed by atoms with Gasteiger partial charge in [0.05, 0.1) is 11.5 Å². The van der Waals surface area contributed by atoms with Crippen LogP contribution in [0.2, 0.25) is 0 Å². The predicted octanol–water partition coefficient (Wildman–Crippen LogP) is 4.44. The smallest absolute Gasteiger partial charge is 0.408 e. The van der Waals surface area contributed by atoms with E-state index >= 15 is 0 Å². The summed E-state index contributed by atoms with van der Waals surface area (Å²) in [5.74, 6) is 1.06. The van der Waals surface area contributed by atoms with Crippen LogP contribution >= 0.6 is 15.9 Å². The minimum Gasteiger partial charge on any atom is -0.444 e. The Balaban J connectivity index is 2.61. The van der Waals surface area contributed by atoms with Crippen molar-refractivity contribution in [3.8, 4) is 0 Å². The number of nitrogens with one attached hydrogen (secondary N) is 2. The van der Waals surface area contributed by atoms with Crippen LogP contribution in [0.3, 0.4) is 0 Å². The fraction of sp³-hybridized carbons (Fsp3) is 0.722. The molecule has 1 atom stereocenters. The van der Waals surface area contributed by atoms with Crippen molar-refractivity contribution in [1.29, 1.82) is 0 Å². The topological polar surface area (TPSA) is 103 Å². The van der Waals surface area contributed by atoms with Crippen molar-refractivity contribution in [2.75, 3.05) is 6.54 Å². The SMILES string of the molecule is CC(C)(C)OC(=O)NCCC[C@H](NC(=O)OC(C)(C)C)c1ncc(CBr)o1. The van der Waals surface area contributed by atoms with E-state index in [0.717, 1.165) is 0 Å². The van der Waals surface area contributed by atoms with Crippen molar-refractivity contribution < 1.29 is 23.5 Å². The zero-order chi connectivity index (χ0) is 20.7. The Morgan fingerprint density at radius 1 is 1.15 bits per heavy atom. The molecule has 9 heteroatoms. The maximum Gasteiger partial charge on any atom is 0.408 e. The van der Waals surface area contributed by atoms with E-state index in [-0.39, 0.29) is 0 Å². The lowest BCUT2D eigenvalue weighted by atomic mass is 10.1. The molecule has 1 heterocycles. The summed E-state index contributed by atoms with van der Waals surface area (Å²) in [6.45, 7) is 11.2. The Hall–Kier alpha value is -1.77. The van der Waals surface area contributed by atoms with Gasteiger partial charge in [0.1, 0.15) is 23.0 Å². The first-order valence-corrected chi connectivity index (χ1v) is 9.98. The molecule has 0 aliphatic carbocycles. The number of oxazole rings is 1. The summed E-state index contributed by atoms with van der Waals surface area (Å²) in [4.78, 5) is 28.0. The molecule has 154 valence electrons. The number of nitrogens with zero attached hydrogens (tertiary/aromatic N) is 1. The molecular formula is C18H30BrN3O5. The van der Waals surface area contributed by atoms with E-state index in [0.29, 0.717) is 36.4 Å². The second-order valence-electron chi connectivity index (χ2n) is 8.07. The molecule has 0 spiro atoms. The van der Waals surface area contributed by atoms with Crippen LogP contribution in [0.25, 0.3) is 0 Å². The summed E-state index contributed by atoms with van der Waals surface area (Å²) in [7, 11) is 0. The number of hydrogen-bond donors (Lipinski definition) is 2. The lowest BCUT2D eigenvalue weighted by molar-refractivity contribution is 0.0480. The number of carbonyl (C=O) groups excluding carboxylic acids is 2. The maximum absolute atomic E-state index is 12.1. The Kier molecular flexibility index (Phi) is 8.59. The lowest BCUT2D eigenvalue weighted by Gasteiger charge is -2.22. The first-order chi connectivity index (χ1) is 12.4. The molecule has 0 bridgehead atoms. The molecule has 0 aromatic carbocycles. The van der Waals surface area contributed by atoms with Crippen LogP contribution in [0.1, 0.15) is 72.1 Å². The molecule has 0 unspecified atom stereocenters. The normalized spacial score (nSPS) is 13.0. The van der Waals surface area contributed by atoms with E-state index in [4.69, 9.17) is 13.9 Å². The first kappa shape index (κ1) is 23.3. The molecule has 8 nitrogen and oxygen atoms in total. The molecule has 0 saturated heterocycles. The molecule has 0 saturated carbocycles. The number of amides is 2. The molecular weight excluding hydrogens is 418 g/mol. The Morgan fingerprint density at radius 3 is 2.26 bits per heavy atom. The lowest BCUT2D eigenvalue weighted by Crippen LogP contribution is -2.36. The standard InChI is InChI=1S/C18H30BrN3O5/c1-17(2,3)26-15(23)20-9-7-8-13(14-21-11-12(10-19)25-14)22-16(24)27-18(4,5)6/h11,13H,7-10H2,1-6H3,(H,20,23)(H,22,24)/t13-/m0/s1. The highest BCUT2D eigenvalue weighted by molar-refractivity contribution is 9.08. The highest BCUT2D eigenvalue weighted by atomic mass is 79.9. The molecule has 27 heavy (non-hydrogen) atoms. The number of hydrogen-bond acceptors (Lipinski definition) is 6. The van der Waals surface area contributed by atoms with E-state index in [1.165, 1.54) is 0 Å². The van der Waals surface area contributed by atoms with Crippen molar-refractivity contribution in [3.63, 3.8) is 0 Å². The third-order valence-corrected chi connectivity index (χ3v) is 3.58. The van der Waals surface area contributed by atoms with E-state index in [1.54, 1.807) is 47.7 Å². The summed E-state index contributed by atoms with van der Waals surface area (Å²) in [6, 6.07) is -0.465.